The third-order valence-corrected chi connectivity index (χ3v) is 8.22. The van der Waals surface area contributed by atoms with Crippen LogP contribution >= 0.6 is 0 Å². The van der Waals surface area contributed by atoms with Crippen LogP contribution in [0.1, 0.15) is 51.6 Å². The lowest BCUT2D eigenvalue weighted by Gasteiger charge is -2.35. The number of nitrogens with zero attached hydrogens (tertiary/aromatic N) is 4. The van der Waals surface area contributed by atoms with E-state index in [1.165, 1.54) is 10.1 Å². The number of aryl methyl sites for hydroxylation is 1. The number of amides is 3. The van der Waals surface area contributed by atoms with Gasteiger partial charge in [0.1, 0.15) is 11.6 Å². The molecule has 1 aromatic heterocycles. The number of hydrogen-bond acceptors (Lipinski definition) is 7. The Morgan fingerprint density at radius 1 is 0.932 bits per heavy atom. The number of aromatic nitrogens is 2. The van der Waals surface area contributed by atoms with E-state index in [-0.39, 0.29) is 24.1 Å². The van der Waals surface area contributed by atoms with Crippen molar-refractivity contribution in [2.75, 3.05) is 45.9 Å². The third kappa shape index (κ3) is 7.39. The van der Waals surface area contributed by atoms with Crippen LogP contribution in [0.15, 0.2) is 47.3 Å². The second-order valence-electron chi connectivity index (χ2n) is 12.6. The van der Waals surface area contributed by atoms with E-state index in [9.17, 15) is 19.2 Å². The molecule has 236 valence electrons. The van der Waals surface area contributed by atoms with E-state index >= 15 is 0 Å². The van der Waals surface area contributed by atoms with Gasteiger partial charge in [-0.2, -0.15) is 0 Å². The van der Waals surface area contributed by atoms with Crippen molar-refractivity contribution >= 4 is 28.9 Å². The number of imide groups is 1. The Hall–Kier alpha value is -3.96. The van der Waals surface area contributed by atoms with Crippen LogP contribution in [0.4, 0.5) is 4.79 Å². The molecule has 0 bridgehead atoms. The van der Waals surface area contributed by atoms with Crippen molar-refractivity contribution in [2.45, 2.75) is 58.1 Å². The minimum Gasteiger partial charge on any atom is -0.444 e. The second kappa shape index (κ2) is 13.4. The summed E-state index contributed by atoms with van der Waals surface area (Å²) in [5.74, 6) is -0.741. The number of nitrogens with one attached hydrogen (secondary N) is 1. The Morgan fingerprint density at radius 2 is 1.64 bits per heavy atom. The summed E-state index contributed by atoms with van der Waals surface area (Å²) in [6.45, 7) is 11.0. The van der Waals surface area contributed by atoms with Crippen molar-refractivity contribution in [1.29, 1.82) is 0 Å². The molecular formula is C33H43N5O6. The predicted molar refractivity (Wildman–Crippen MR) is 167 cm³/mol. The fraction of sp³-hybridized carbons (Fsp3) is 0.515. The highest BCUT2D eigenvalue weighted by Crippen LogP contribution is 2.28. The lowest BCUT2D eigenvalue weighted by atomic mass is 10.0. The normalized spacial score (nSPS) is 18.1. The number of carbonyl (C=O) groups is 3. The number of fused-ring (bicyclic) bond motifs is 1. The molecule has 0 saturated carbocycles. The number of benzene rings is 2. The molecule has 44 heavy (non-hydrogen) atoms. The molecule has 3 amide bonds. The first kappa shape index (κ1) is 31.5. The minimum absolute atomic E-state index is 0.213. The number of rotatable bonds is 9. The zero-order valence-corrected chi connectivity index (χ0v) is 26.1. The van der Waals surface area contributed by atoms with E-state index in [2.05, 4.69) is 34.5 Å². The predicted octanol–water partition coefficient (Wildman–Crippen LogP) is 3.49. The number of piperazine rings is 1. The highest BCUT2D eigenvalue weighted by molar-refractivity contribution is 6.00. The monoisotopic (exact) mass is 605 g/mol. The molecule has 0 radical (unpaired) electrons. The maximum absolute atomic E-state index is 13.1. The Labute approximate surface area is 257 Å². The lowest BCUT2D eigenvalue weighted by Crippen LogP contribution is -2.50. The summed E-state index contributed by atoms with van der Waals surface area (Å²) in [7, 11) is 1.70. The molecule has 2 aromatic carbocycles. The molecule has 1 N–H and O–H groups in total. The summed E-state index contributed by atoms with van der Waals surface area (Å²) >= 11 is 0. The van der Waals surface area contributed by atoms with E-state index in [0.717, 1.165) is 49.1 Å². The highest BCUT2D eigenvalue weighted by Gasteiger charge is 2.31. The van der Waals surface area contributed by atoms with Gasteiger partial charge < -0.3 is 14.4 Å². The number of piperidine rings is 1. The second-order valence-corrected chi connectivity index (χ2v) is 12.6. The summed E-state index contributed by atoms with van der Waals surface area (Å²) in [6.07, 6.45) is 2.05. The molecule has 0 spiro atoms. The van der Waals surface area contributed by atoms with Crippen molar-refractivity contribution in [3.05, 3.63) is 58.5 Å². The summed E-state index contributed by atoms with van der Waals surface area (Å²) in [5, 5.41) is 2.35. The van der Waals surface area contributed by atoms with Crippen LogP contribution < -0.4 is 11.0 Å². The summed E-state index contributed by atoms with van der Waals surface area (Å²) in [6, 6.07) is 13.4. The van der Waals surface area contributed by atoms with E-state index in [4.69, 9.17) is 9.47 Å². The summed E-state index contributed by atoms with van der Waals surface area (Å²) in [5.41, 5.74) is 3.85. The maximum atomic E-state index is 13.1. The third-order valence-electron chi connectivity index (χ3n) is 8.22. The maximum Gasteiger partial charge on any atom is 0.410 e. The Bertz CT molecular complexity index is 1560. The molecule has 11 nitrogen and oxygen atoms in total. The molecular weight excluding hydrogens is 562 g/mol. The van der Waals surface area contributed by atoms with Crippen LogP contribution in [0.3, 0.4) is 0 Å². The van der Waals surface area contributed by atoms with E-state index < -0.39 is 17.6 Å². The summed E-state index contributed by atoms with van der Waals surface area (Å²) < 4.78 is 14.4. The molecule has 3 aromatic rings. The largest absolute Gasteiger partial charge is 0.444 e. The highest BCUT2D eigenvalue weighted by atomic mass is 16.6. The van der Waals surface area contributed by atoms with Crippen LogP contribution in [0.5, 0.6) is 0 Å². The van der Waals surface area contributed by atoms with Crippen LogP contribution in [-0.2, 0) is 32.5 Å². The zero-order chi connectivity index (χ0) is 31.4. The van der Waals surface area contributed by atoms with Crippen molar-refractivity contribution in [3.8, 4) is 11.1 Å². The lowest BCUT2D eigenvalue weighted by molar-refractivity contribution is -0.135. The van der Waals surface area contributed by atoms with Gasteiger partial charge in [0, 0.05) is 52.8 Å². The minimum atomic E-state index is -0.696. The van der Waals surface area contributed by atoms with Gasteiger partial charge in [0.15, 0.2) is 0 Å². The molecule has 11 heteroatoms. The average molecular weight is 606 g/mol. The molecule has 1 unspecified atom stereocenters. The Kier molecular flexibility index (Phi) is 9.55. The van der Waals surface area contributed by atoms with Crippen LogP contribution in [0.25, 0.3) is 22.2 Å². The molecule has 2 saturated heterocycles. The number of carbonyl (C=O) groups excluding carboxylic acids is 3. The fourth-order valence-corrected chi connectivity index (χ4v) is 5.80. The topological polar surface area (TPSA) is 115 Å². The van der Waals surface area contributed by atoms with Gasteiger partial charge in [0.05, 0.1) is 17.6 Å². The average Bonchev–Trinajstić information content (AvgIpc) is 3.23. The van der Waals surface area contributed by atoms with Gasteiger partial charge >= 0.3 is 11.8 Å². The molecule has 2 aliphatic rings. The Balaban J connectivity index is 1.07. The van der Waals surface area contributed by atoms with Gasteiger partial charge in [-0.1, -0.05) is 30.3 Å². The molecule has 2 fully saturated rings. The number of hydrogen-bond donors (Lipinski definition) is 1. The SMILES string of the molecule is Cn1c(=O)n(C2CCC(=O)NC2=O)c2ccc(-c3ccc(CCOCCCN4CCN(C(=O)OC(C)(C)C)CC4)cc3)cc21. The molecule has 0 aliphatic carbocycles. The first-order chi connectivity index (χ1) is 21.0. The van der Waals surface area contributed by atoms with E-state index in [0.29, 0.717) is 38.2 Å². The van der Waals surface area contributed by atoms with Gasteiger partial charge in [-0.25, -0.2) is 9.59 Å². The smallest absolute Gasteiger partial charge is 0.410 e. The van der Waals surface area contributed by atoms with Crippen molar-refractivity contribution in [3.63, 3.8) is 0 Å². The Morgan fingerprint density at radius 3 is 2.32 bits per heavy atom. The van der Waals surface area contributed by atoms with Gasteiger partial charge in [0.25, 0.3) is 0 Å². The van der Waals surface area contributed by atoms with Crippen LogP contribution in [-0.4, -0.2) is 88.4 Å². The van der Waals surface area contributed by atoms with Gasteiger partial charge in [-0.15, -0.1) is 0 Å². The molecule has 1 atom stereocenters. The van der Waals surface area contributed by atoms with Crippen molar-refractivity contribution in [2.24, 2.45) is 7.05 Å². The summed E-state index contributed by atoms with van der Waals surface area (Å²) in [4.78, 5) is 53.5. The first-order valence-corrected chi connectivity index (χ1v) is 15.4. The first-order valence-electron chi connectivity index (χ1n) is 15.4. The van der Waals surface area contributed by atoms with Crippen LogP contribution in [0, 0.1) is 0 Å². The standard InChI is InChI=1S/C33H43N5O6/c1-33(2,3)44-32(42)37-18-16-36(17-19-37)15-5-20-43-21-14-23-6-8-24(9-7-23)25-10-11-26-28(22-25)35(4)31(41)38(26)27-12-13-29(39)34-30(27)40/h6-11,22,27H,5,12-21H2,1-4H3,(H,34,39,40). The van der Waals surface area contributed by atoms with E-state index in [1.807, 2.05) is 39.0 Å². The molecule has 2 aliphatic heterocycles. The number of imidazole rings is 1. The molecule has 3 heterocycles. The van der Waals surface area contributed by atoms with Crippen LogP contribution in [0.2, 0.25) is 0 Å². The fourth-order valence-electron chi connectivity index (χ4n) is 5.80. The van der Waals surface area contributed by atoms with Gasteiger partial charge in [-0.05, 0) is 68.9 Å². The van der Waals surface area contributed by atoms with Gasteiger partial charge in [-0.3, -0.25) is 28.9 Å². The molecule has 5 rings (SSSR count). The van der Waals surface area contributed by atoms with Crippen molar-refractivity contribution in [1.82, 2.24) is 24.3 Å². The van der Waals surface area contributed by atoms with Gasteiger partial charge in [0.2, 0.25) is 11.8 Å². The number of ether oxygens (including phenoxy) is 2. The van der Waals surface area contributed by atoms with E-state index in [1.54, 1.807) is 16.5 Å². The van der Waals surface area contributed by atoms with Crippen molar-refractivity contribution < 1.29 is 23.9 Å². The zero-order valence-electron chi connectivity index (χ0n) is 26.1. The quantitative estimate of drug-likeness (QED) is 0.293.